The van der Waals surface area contributed by atoms with Gasteiger partial charge in [0.2, 0.25) is 5.91 Å². The van der Waals surface area contributed by atoms with Crippen LogP contribution in [0.3, 0.4) is 0 Å². The average Bonchev–Trinajstić information content (AvgIpc) is 3.85. The van der Waals surface area contributed by atoms with Crippen LogP contribution in [0, 0.1) is 0 Å². The molecule has 2 bridgehead atoms. The van der Waals surface area contributed by atoms with Gasteiger partial charge in [-0.1, -0.05) is 81.4 Å². The molecule has 3 fully saturated rings. The van der Waals surface area contributed by atoms with Gasteiger partial charge in [0.15, 0.2) is 8.32 Å². The highest BCUT2D eigenvalue weighted by molar-refractivity contribution is 6.74. The van der Waals surface area contributed by atoms with Gasteiger partial charge in [0.25, 0.3) is 0 Å². The zero-order valence-electron chi connectivity index (χ0n) is 30.0. The standard InChI is InChI=1S/C41H49N3O5Si/c1-41(2,3)50(5,6)47-25-27-12-15-30-22-31(17-16-29(30)20-27)42-37(45)19-14-26-13-18-33(28-10-8-7-9-11-28)34(21-26)43-40(46)48-32-23-35-38-39(49-38)36(24-32)44(35)4/h7-13,15-18,20-22,32,35-36,38-39H,14,19,23-25H2,1-6H3,(H,42,45)(H,43,46)/t32?,35-,36+,38-,39+. The minimum Gasteiger partial charge on any atom is -0.446 e. The summed E-state index contributed by atoms with van der Waals surface area (Å²) in [6.07, 6.45) is 2.38. The Morgan fingerprint density at radius 2 is 1.54 bits per heavy atom. The molecule has 0 saturated carbocycles. The first-order valence-corrected chi connectivity index (χ1v) is 20.8. The molecule has 0 aromatic heterocycles. The van der Waals surface area contributed by atoms with Crippen molar-refractivity contribution in [1.29, 1.82) is 0 Å². The van der Waals surface area contributed by atoms with E-state index in [1.54, 1.807) is 0 Å². The predicted molar refractivity (Wildman–Crippen MR) is 202 cm³/mol. The van der Waals surface area contributed by atoms with Gasteiger partial charge in [-0.2, -0.15) is 0 Å². The second-order valence-corrected chi connectivity index (χ2v) is 20.5. The molecule has 4 aromatic carbocycles. The number of nitrogens with zero attached hydrogens (tertiary/aromatic N) is 1. The normalized spacial score (nSPS) is 23.0. The third-order valence-corrected chi connectivity index (χ3v) is 15.8. The van der Waals surface area contributed by atoms with Crippen molar-refractivity contribution in [2.75, 3.05) is 17.7 Å². The SMILES string of the molecule is CN1[C@@H]2CC(OC(=O)Nc3cc(CCC(=O)Nc4ccc5cc(CO[Si](C)(C)C(C)(C)C)ccc5c4)ccc3-c3ccccc3)C[C@H]1[C@@H]1O[C@@H]12. The van der Waals surface area contributed by atoms with Gasteiger partial charge >= 0.3 is 6.09 Å². The molecule has 7 rings (SSSR count). The molecular weight excluding hydrogens is 643 g/mol. The minimum atomic E-state index is -1.83. The van der Waals surface area contributed by atoms with Gasteiger partial charge in [-0.25, -0.2) is 4.79 Å². The van der Waals surface area contributed by atoms with E-state index in [0.717, 1.165) is 51.6 Å². The van der Waals surface area contributed by atoms with Crippen LogP contribution in [0.25, 0.3) is 21.9 Å². The molecule has 2 amide bonds. The molecule has 9 heteroatoms. The van der Waals surface area contributed by atoms with Crippen LogP contribution in [0.5, 0.6) is 0 Å². The fourth-order valence-electron chi connectivity index (χ4n) is 7.23. The largest absolute Gasteiger partial charge is 0.446 e. The molecule has 3 heterocycles. The Hall–Kier alpha value is -4.02. The number of ether oxygens (including phenoxy) is 2. The van der Waals surface area contributed by atoms with E-state index in [9.17, 15) is 9.59 Å². The molecule has 3 aliphatic heterocycles. The first-order chi connectivity index (χ1) is 23.8. The van der Waals surface area contributed by atoms with Crippen LogP contribution in [0.2, 0.25) is 18.1 Å². The van der Waals surface area contributed by atoms with Crippen LogP contribution in [-0.4, -0.2) is 62.7 Å². The van der Waals surface area contributed by atoms with E-state index in [4.69, 9.17) is 13.9 Å². The van der Waals surface area contributed by atoms with Gasteiger partial charge in [0.05, 0.1) is 12.3 Å². The maximum Gasteiger partial charge on any atom is 0.411 e. The highest BCUT2D eigenvalue weighted by Gasteiger charge is 2.62. The van der Waals surface area contributed by atoms with Crippen LogP contribution in [0.1, 0.15) is 51.2 Å². The number of anilines is 2. The van der Waals surface area contributed by atoms with Gasteiger partial charge in [-0.05, 0) is 83.3 Å². The first kappa shape index (κ1) is 34.4. The van der Waals surface area contributed by atoms with Gasteiger partial charge in [-0.15, -0.1) is 0 Å². The third-order valence-electron chi connectivity index (χ3n) is 11.3. The molecule has 50 heavy (non-hydrogen) atoms. The molecule has 262 valence electrons. The van der Waals surface area contributed by atoms with Gasteiger partial charge in [-0.3, -0.25) is 15.0 Å². The number of hydrogen-bond donors (Lipinski definition) is 2. The second-order valence-electron chi connectivity index (χ2n) is 15.7. The maximum atomic E-state index is 13.2. The highest BCUT2D eigenvalue weighted by Crippen LogP contribution is 2.48. The molecular formula is C41H49N3O5Si. The summed E-state index contributed by atoms with van der Waals surface area (Å²) in [5.41, 5.74) is 5.44. The van der Waals surface area contributed by atoms with E-state index >= 15 is 0 Å². The van der Waals surface area contributed by atoms with E-state index in [2.05, 4.69) is 74.6 Å². The smallest absolute Gasteiger partial charge is 0.411 e. The van der Waals surface area contributed by atoms with Crippen LogP contribution >= 0.6 is 0 Å². The highest BCUT2D eigenvalue weighted by atomic mass is 28.4. The molecule has 3 saturated heterocycles. The number of carbonyl (C=O) groups excluding carboxylic acids is 2. The average molecular weight is 692 g/mol. The van der Waals surface area contributed by atoms with Crippen molar-refractivity contribution in [2.24, 2.45) is 0 Å². The lowest BCUT2D eigenvalue weighted by atomic mass is 9.99. The number of epoxide rings is 1. The predicted octanol–water partition coefficient (Wildman–Crippen LogP) is 8.76. The fraction of sp³-hybridized carbons (Fsp3) is 0.415. The molecule has 0 radical (unpaired) electrons. The van der Waals surface area contributed by atoms with Crippen molar-refractivity contribution in [3.63, 3.8) is 0 Å². The van der Waals surface area contributed by atoms with E-state index < -0.39 is 14.4 Å². The zero-order chi connectivity index (χ0) is 35.2. The lowest BCUT2D eigenvalue weighted by Gasteiger charge is -2.37. The van der Waals surface area contributed by atoms with Gasteiger partial charge in [0, 0.05) is 42.6 Å². The van der Waals surface area contributed by atoms with E-state index in [1.807, 2.05) is 66.7 Å². The first-order valence-electron chi connectivity index (χ1n) is 17.8. The number of rotatable bonds is 10. The van der Waals surface area contributed by atoms with Crippen LogP contribution in [0.15, 0.2) is 84.9 Å². The van der Waals surface area contributed by atoms with E-state index in [1.165, 1.54) is 0 Å². The number of morpholine rings is 1. The Balaban J connectivity index is 0.972. The molecule has 3 aliphatic rings. The minimum absolute atomic E-state index is 0.0660. The summed E-state index contributed by atoms with van der Waals surface area (Å²) in [6.45, 7) is 11.9. The summed E-state index contributed by atoms with van der Waals surface area (Å²) in [5.74, 6) is -0.0660. The monoisotopic (exact) mass is 691 g/mol. The van der Waals surface area contributed by atoms with E-state index in [0.29, 0.717) is 37.2 Å². The lowest BCUT2D eigenvalue weighted by Crippen LogP contribution is -2.48. The summed E-state index contributed by atoms with van der Waals surface area (Å²) in [4.78, 5) is 28.7. The molecule has 8 nitrogen and oxygen atoms in total. The lowest BCUT2D eigenvalue weighted by molar-refractivity contribution is -0.116. The van der Waals surface area contributed by atoms with Crippen molar-refractivity contribution in [3.8, 4) is 11.1 Å². The maximum absolute atomic E-state index is 13.2. The summed E-state index contributed by atoms with van der Waals surface area (Å²) in [7, 11) is 0.308. The summed E-state index contributed by atoms with van der Waals surface area (Å²) in [5, 5.41) is 8.46. The Labute approximate surface area is 296 Å². The molecule has 5 atom stereocenters. The Kier molecular flexibility index (Phi) is 9.36. The summed E-state index contributed by atoms with van der Waals surface area (Å²) in [6, 6.07) is 29.0. The number of carbonyl (C=O) groups is 2. The fourth-order valence-corrected chi connectivity index (χ4v) is 8.19. The number of likely N-dealkylation sites (N-methyl/N-ethyl adjacent to an activating group) is 1. The number of benzene rings is 4. The van der Waals surface area contributed by atoms with E-state index in [-0.39, 0.29) is 29.3 Å². The van der Waals surface area contributed by atoms with Crippen LogP contribution < -0.4 is 10.6 Å². The number of fused-ring (bicyclic) bond motifs is 6. The van der Waals surface area contributed by atoms with Crippen molar-refractivity contribution in [3.05, 3.63) is 96.1 Å². The Morgan fingerprint density at radius 1 is 0.860 bits per heavy atom. The number of piperidine rings is 1. The quantitative estimate of drug-likeness (QED) is 0.128. The number of hydrogen-bond acceptors (Lipinski definition) is 6. The number of amides is 2. The molecule has 1 unspecified atom stereocenters. The topological polar surface area (TPSA) is 92.4 Å². The van der Waals surface area contributed by atoms with Gasteiger partial charge in [0.1, 0.15) is 18.3 Å². The van der Waals surface area contributed by atoms with Gasteiger partial charge < -0.3 is 19.2 Å². The second kappa shape index (κ2) is 13.6. The Bertz CT molecular complexity index is 1870. The van der Waals surface area contributed by atoms with Crippen LogP contribution in [-0.2, 0) is 31.7 Å². The third kappa shape index (κ3) is 7.37. The summed E-state index contributed by atoms with van der Waals surface area (Å²) >= 11 is 0. The molecule has 0 aliphatic carbocycles. The zero-order valence-corrected chi connectivity index (χ0v) is 31.0. The number of nitrogens with one attached hydrogen (secondary N) is 2. The van der Waals surface area contributed by atoms with Crippen molar-refractivity contribution in [2.45, 2.75) is 102 Å². The van der Waals surface area contributed by atoms with Crippen LogP contribution in [0.4, 0.5) is 16.2 Å². The summed E-state index contributed by atoms with van der Waals surface area (Å²) < 4.78 is 18.2. The van der Waals surface area contributed by atoms with Crippen molar-refractivity contribution >= 4 is 42.5 Å². The Morgan fingerprint density at radius 3 is 2.26 bits per heavy atom. The number of aryl methyl sites for hydroxylation is 1. The van der Waals surface area contributed by atoms with Crippen molar-refractivity contribution < 1.29 is 23.5 Å². The molecule has 2 N–H and O–H groups in total. The van der Waals surface area contributed by atoms with Crippen molar-refractivity contribution in [1.82, 2.24) is 4.90 Å². The molecule has 0 spiro atoms. The molecule has 4 aromatic rings.